The molecular weight excluding hydrogens is 297 g/mol. The third-order valence-corrected chi connectivity index (χ3v) is 4.84. The van der Waals surface area contributed by atoms with Crippen molar-refractivity contribution in [2.45, 2.75) is 31.4 Å². The van der Waals surface area contributed by atoms with Gasteiger partial charge in [0, 0.05) is 19.1 Å². The van der Waals surface area contributed by atoms with Crippen LogP contribution in [0.3, 0.4) is 0 Å². The highest BCUT2D eigenvalue weighted by atomic mass is 16.5. The van der Waals surface area contributed by atoms with Crippen molar-refractivity contribution in [3.05, 3.63) is 71.8 Å². The maximum absolute atomic E-state index is 13.6. The summed E-state index contributed by atoms with van der Waals surface area (Å²) in [6.45, 7) is 5.33. The molecule has 0 aliphatic carbocycles. The predicted molar refractivity (Wildman–Crippen MR) is 98.8 cm³/mol. The van der Waals surface area contributed by atoms with Crippen LogP contribution in [0.2, 0.25) is 0 Å². The first-order valence-electron chi connectivity index (χ1n) is 8.57. The molecule has 1 heterocycles. The first-order valence-corrected chi connectivity index (χ1v) is 8.57. The highest BCUT2D eigenvalue weighted by Crippen LogP contribution is 2.34. The second-order valence-corrected chi connectivity index (χ2v) is 6.82. The van der Waals surface area contributed by atoms with Crippen molar-refractivity contribution in [2.75, 3.05) is 13.1 Å². The standard InChI is InChI=1S/C20H24BNO2/c1-15-13-22(14-18(21)24-15)19(23)20(2,16-9-5-3-6-10-16)17-11-7-4-8-12-17/h3-12,15,18H,13-14,21H2,1-2H3. The average molecular weight is 321 g/mol. The maximum Gasteiger partial charge on any atom is 0.237 e. The molecule has 0 spiro atoms. The lowest BCUT2D eigenvalue weighted by Crippen LogP contribution is -2.55. The number of hydrogen-bond acceptors (Lipinski definition) is 2. The minimum absolute atomic E-state index is 0.0634. The Morgan fingerprint density at radius 2 is 1.54 bits per heavy atom. The van der Waals surface area contributed by atoms with Crippen LogP contribution in [-0.2, 0) is 14.9 Å². The molecule has 1 aliphatic rings. The summed E-state index contributed by atoms with van der Waals surface area (Å²) in [6, 6.07) is 20.2. The Morgan fingerprint density at radius 1 is 1.04 bits per heavy atom. The van der Waals surface area contributed by atoms with E-state index in [2.05, 4.69) is 0 Å². The lowest BCUT2D eigenvalue weighted by molar-refractivity contribution is -0.144. The van der Waals surface area contributed by atoms with Crippen molar-refractivity contribution in [2.24, 2.45) is 0 Å². The van der Waals surface area contributed by atoms with Crippen LogP contribution in [0, 0.1) is 0 Å². The maximum atomic E-state index is 13.6. The summed E-state index contributed by atoms with van der Waals surface area (Å²) in [5.41, 5.74) is 1.35. The third kappa shape index (κ3) is 3.11. The fourth-order valence-corrected chi connectivity index (χ4v) is 3.62. The Kier molecular flexibility index (Phi) is 4.77. The van der Waals surface area contributed by atoms with Crippen LogP contribution < -0.4 is 0 Å². The van der Waals surface area contributed by atoms with E-state index in [1.807, 2.05) is 87.3 Å². The van der Waals surface area contributed by atoms with Gasteiger partial charge in [0.05, 0.1) is 11.5 Å². The van der Waals surface area contributed by atoms with Gasteiger partial charge in [-0.1, -0.05) is 60.7 Å². The summed E-state index contributed by atoms with van der Waals surface area (Å²) in [5, 5.41) is 0. The zero-order valence-electron chi connectivity index (χ0n) is 14.6. The normalized spacial score (nSPS) is 21.5. The van der Waals surface area contributed by atoms with Gasteiger partial charge in [-0.2, -0.15) is 0 Å². The van der Waals surface area contributed by atoms with Crippen LogP contribution in [0.25, 0.3) is 0 Å². The largest absolute Gasteiger partial charge is 0.381 e. The SMILES string of the molecule is BC1CN(C(=O)C(C)(c2ccccc2)c2ccccc2)CC(C)O1. The second-order valence-electron chi connectivity index (χ2n) is 6.82. The van der Waals surface area contributed by atoms with E-state index >= 15 is 0 Å². The van der Waals surface area contributed by atoms with Crippen molar-refractivity contribution in [1.29, 1.82) is 0 Å². The van der Waals surface area contributed by atoms with Crippen molar-refractivity contribution in [3.8, 4) is 0 Å². The van der Waals surface area contributed by atoms with Gasteiger partial charge in [-0.3, -0.25) is 4.79 Å². The molecule has 124 valence electrons. The first kappa shape index (κ1) is 16.8. The third-order valence-electron chi connectivity index (χ3n) is 4.84. The zero-order valence-corrected chi connectivity index (χ0v) is 14.6. The lowest BCUT2D eigenvalue weighted by atomic mass is 9.74. The van der Waals surface area contributed by atoms with Crippen LogP contribution >= 0.6 is 0 Å². The number of morpholine rings is 1. The molecular formula is C20H24BNO2. The molecule has 2 aromatic carbocycles. The predicted octanol–water partition coefficient (Wildman–Crippen LogP) is 2.20. The van der Waals surface area contributed by atoms with E-state index in [4.69, 9.17) is 4.74 Å². The molecule has 1 fully saturated rings. The van der Waals surface area contributed by atoms with Crippen LogP contribution in [-0.4, -0.2) is 43.9 Å². The van der Waals surface area contributed by atoms with E-state index in [0.717, 1.165) is 11.1 Å². The summed E-state index contributed by atoms with van der Waals surface area (Å²) in [5.74, 6) is 0.141. The smallest absolute Gasteiger partial charge is 0.237 e. The number of carbonyl (C=O) groups excluding carboxylic acids is 1. The Bertz CT molecular complexity index is 640. The van der Waals surface area contributed by atoms with E-state index in [1.165, 1.54) is 0 Å². The summed E-state index contributed by atoms with van der Waals surface area (Å²) >= 11 is 0. The van der Waals surface area contributed by atoms with Crippen molar-refractivity contribution in [3.63, 3.8) is 0 Å². The molecule has 2 atom stereocenters. The summed E-state index contributed by atoms with van der Waals surface area (Å²) in [7, 11) is 2.03. The van der Waals surface area contributed by atoms with E-state index in [1.54, 1.807) is 0 Å². The van der Waals surface area contributed by atoms with Gasteiger partial charge in [-0.25, -0.2) is 0 Å². The highest BCUT2D eigenvalue weighted by molar-refractivity contribution is 6.11. The Morgan fingerprint density at radius 3 is 2.00 bits per heavy atom. The Hall–Kier alpha value is -2.07. The summed E-state index contributed by atoms with van der Waals surface area (Å²) in [4.78, 5) is 15.5. The molecule has 0 N–H and O–H groups in total. The average Bonchev–Trinajstić information content (AvgIpc) is 2.61. The highest BCUT2D eigenvalue weighted by Gasteiger charge is 2.41. The molecule has 24 heavy (non-hydrogen) atoms. The number of amides is 1. The fourth-order valence-electron chi connectivity index (χ4n) is 3.62. The van der Waals surface area contributed by atoms with Gasteiger partial charge in [0.1, 0.15) is 7.85 Å². The number of nitrogens with zero attached hydrogens (tertiary/aromatic N) is 1. The molecule has 3 nitrogen and oxygen atoms in total. The second kappa shape index (κ2) is 6.82. The minimum atomic E-state index is -0.695. The number of ether oxygens (including phenoxy) is 1. The summed E-state index contributed by atoms with van der Waals surface area (Å²) < 4.78 is 5.80. The number of hydrogen-bond donors (Lipinski definition) is 0. The minimum Gasteiger partial charge on any atom is -0.381 e. The van der Waals surface area contributed by atoms with Crippen LogP contribution in [0.15, 0.2) is 60.7 Å². The Balaban J connectivity index is 2.04. The molecule has 0 bridgehead atoms. The monoisotopic (exact) mass is 321 g/mol. The molecule has 1 amide bonds. The van der Waals surface area contributed by atoms with Crippen molar-refractivity contribution in [1.82, 2.24) is 4.90 Å². The van der Waals surface area contributed by atoms with Crippen molar-refractivity contribution < 1.29 is 9.53 Å². The van der Waals surface area contributed by atoms with E-state index in [9.17, 15) is 4.79 Å². The van der Waals surface area contributed by atoms with Gasteiger partial charge in [-0.05, 0) is 25.0 Å². The first-order chi connectivity index (χ1) is 11.5. The Labute approximate surface area is 145 Å². The molecule has 0 aromatic heterocycles. The van der Waals surface area contributed by atoms with Gasteiger partial charge >= 0.3 is 0 Å². The van der Waals surface area contributed by atoms with Gasteiger partial charge in [0.25, 0.3) is 0 Å². The summed E-state index contributed by atoms with van der Waals surface area (Å²) in [6.07, 6.45) is 0.0634. The van der Waals surface area contributed by atoms with Gasteiger partial charge < -0.3 is 9.64 Å². The quantitative estimate of drug-likeness (QED) is 0.811. The molecule has 4 heteroatoms. The molecule has 2 aromatic rings. The van der Waals surface area contributed by atoms with Gasteiger partial charge in [-0.15, -0.1) is 0 Å². The molecule has 1 aliphatic heterocycles. The van der Waals surface area contributed by atoms with E-state index in [-0.39, 0.29) is 18.0 Å². The number of carbonyl (C=O) groups is 1. The van der Waals surface area contributed by atoms with Crippen LogP contribution in [0.5, 0.6) is 0 Å². The van der Waals surface area contributed by atoms with E-state index in [0.29, 0.717) is 13.1 Å². The number of benzene rings is 2. The molecule has 2 unspecified atom stereocenters. The molecule has 3 rings (SSSR count). The molecule has 0 radical (unpaired) electrons. The van der Waals surface area contributed by atoms with E-state index < -0.39 is 5.41 Å². The fraction of sp³-hybridized carbons (Fsp3) is 0.350. The molecule has 1 saturated heterocycles. The number of rotatable bonds is 3. The molecule has 0 saturated carbocycles. The lowest BCUT2D eigenvalue weighted by Gasteiger charge is -2.41. The topological polar surface area (TPSA) is 29.5 Å². The van der Waals surface area contributed by atoms with Gasteiger partial charge in [0.2, 0.25) is 5.91 Å². The van der Waals surface area contributed by atoms with Crippen LogP contribution in [0.1, 0.15) is 25.0 Å². The van der Waals surface area contributed by atoms with Crippen molar-refractivity contribution >= 4 is 13.8 Å². The van der Waals surface area contributed by atoms with Crippen LogP contribution in [0.4, 0.5) is 0 Å². The van der Waals surface area contributed by atoms with Gasteiger partial charge in [0.15, 0.2) is 0 Å². The zero-order chi connectivity index (χ0) is 17.2.